The molecule has 0 spiro atoms. The van der Waals surface area contributed by atoms with E-state index in [4.69, 9.17) is 14.7 Å². The highest BCUT2D eigenvalue weighted by atomic mass is 19.1. The van der Waals surface area contributed by atoms with Crippen LogP contribution < -0.4 is 20.4 Å². The second-order valence-electron chi connectivity index (χ2n) is 11.9. The van der Waals surface area contributed by atoms with Gasteiger partial charge in [-0.2, -0.15) is 0 Å². The molecule has 0 radical (unpaired) electrons. The van der Waals surface area contributed by atoms with Gasteiger partial charge in [0.25, 0.3) is 0 Å². The van der Waals surface area contributed by atoms with Crippen LogP contribution in [0, 0.1) is 11.2 Å². The molecular weight excluding hydrogens is 523 g/mol. The lowest BCUT2D eigenvalue weighted by molar-refractivity contribution is 0.0984. The molecule has 2 aliphatic rings. The van der Waals surface area contributed by atoms with E-state index in [1.54, 1.807) is 0 Å². The summed E-state index contributed by atoms with van der Waals surface area (Å²) in [5.74, 6) is 1.31. The second-order valence-corrected chi connectivity index (χ2v) is 11.9. The Bertz CT molecular complexity index is 1360. The minimum absolute atomic E-state index is 0.168. The molecule has 1 atom stereocenters. The third-order valence-corrected chi connectivity index (χ3v) is 7.42. The lowest BCUT2D eigenvalue weighted by Crippen LogP contribution is -2.45. The molecule has 1 fully saturated rings. The number of anilines is 3. The number of nitrogens with zero attached hydrogens (tertiary/aromatic N) is 6. The van der Waals surface area contributed by atoms with Crippen molar-refractivity contribution in [1.29, 1.82) is 0 Å². The maximum absolute atomic E-state index is 14.5. The molecule has 41 heavy (non-hydrogen) atoms. The average Bonchev–Trinajstić information content (AvgIpc) is 2.95. The van der Waals surface area contributed by atoms with Gasteiger partial charge in [-0.25, -0.2) is 29.1 Å². The zero-order chi connectivity index (χ0) is 29.0. The van der Waals surface area contributed by atoms with Gasteiger partial charge in [0.05, 0.1) is 37.7 Å². The molecule has 0 saturated carbocycles. The Hall–Kier alpha value is -3.86. The van der Waals surface area contributed by atoms with E-state index in [2.05, 4.69) is 53.2 Å². The first-order chi connectivity index (χ1) is 19.7. The summed E-state index contributed by atoms with van der Waals surface area (Å²) in [6.45, 7) is 12.4. The van der Waals surface area contributed by atoms with Gasteiger partial charge in [-0.05, 0) is 55.9 Å². The number of carbonyl (C=O) groups excluding carboxylic acids is 1. The van der Waals surface area contributed by atoms with Crippen LogP contribution in [0.3, 0.4) is 0 Å². The highest BCUT2D eigenvalue weighted by Gasteiger charge is 2.30. The van der Waals surface area contributed by atoms with Gasteiger partial charge in [0.15, 0.2) is 17.5 Å². The van der Waals surface area contributed by atoms with Crippen molar-refractivity contribution in [2.45, 2.75) is 59.5 Å². The van der Waals surface area contributed by atoms with Crippen molar-refractivity contribution < 1.29 is 13.9 Å². The molecule has 1 unspecified atom stereocenters. The second kappa shape index (κ2) is 12.3. The Morgan fingerprint density at radius 1 is 1.15 bits per heavy atom. The van der Waals surface area contributed by atoms with Crippen molar-refractivity contribution in [3.63, 3.8) is 0 Å². The van der Waals surface area contributed by atoms with E-state index in [1.165, 1.54) is 12.5 Å². The summed E-state index contributed by atoms with van der Waals surface area (Å²) in [6, 6.07) is 7.47. The Kier molecular flexibility index (Phi) is 8.63. The standard InChI is InChI=1S/C30H39FN8O2/c1-20-18-41-15-14-39(20)27-23-10-13-38(28-24(31)16-32-19-34-28)17-25(23)36-26(37-27)21-6-8-22(9-7-21)35-29(40)33-12-5-11-30(2,3)4/h6-9,16,19-20H,5,10-15,17-18H2,1-4H3,(H2,33,35,40). The number of morpholine rings is 1. The molecule has 0 bridgehead atoms. The molecular formula is C30H39FN8O2. The van der Waals surface area contributed by atoms with Crippen LogP contribution in [0.25, 0.3) is 11.4 Å². The number of carbonyl (C=O) groups is 1. The summed E-state index contributed by atoms with van der Waals surface area (Å²) in [6.07, 6.45) is 5.19. The monoisotopic (exact) mass is 562 g/mol. The number of halogens is 1. The van der Waals surface area contributed by atoms with E-state index in [0.29, 0.717) is 50.8 Å². The van der Waals surface area contributed by atoms with E-state index in [1.807, 2.05) is 29.2 Å². The molecule has 1 saturated heterocycles. The number of hydrogen-bond acceptors (Lipinski definition) is 8. The van der Waals surface area contributed by atoms with Crippen LogP contribution in [-0.4, -0.2) is 64.9 Å². The zero-order valence-electron chi connectivity index (χ0n) is 24.3. The first-order valence-electron chi connectivity index (χ1n) is 14.3. The van der Waals surface area contributed by atoms with Crippen LogP contribution in [-0.2, 0) is 17.7 Å². The SMILES string of the molecule is CC1COCCN1c1nc(-c2ccc(NC(=O)NCCCC(C)(C)C)cc2)nc2c1CCN(c1ncncc1F)C2. The Labute approximate surface area is 240 Å². The summed E-state index contributed by atoms with van der Waals surface area (Å²) in [5.41, 5.74) is 3.69. The molecule has 4 heterocycles. The topological polar surface area (TPSA) is 108 Å². The normalized spacial score (nSPS) is 17.2. The number of rotatable bonds is 7. The highest BCUT2D eigenvalue weighted by molar-refractivity contribution is 5.89. The van der Waals surface area contributed by atoms with Gasteiger partial charge in [-0.15, -0.1) is 0 Å². The van der Waals surface area contributed by atoms with Crippen molar-refractivity contribution in [2.24, 2.45) is 5.41 Å². The molecule has 5 rings (SSSR count). The zero-order valence-corrected chi connectivity index (χ0v) is 24.3. The minimum Gasteiger partial charge on any atom is -0.377 e. The molecule has 1 aromatic carbocycles. The summed E-state index contributed by atoms with van der Waals surface area (Å²) < 4.78 is 20.2. The number of ether oxygens (including phenoxy) is 1. The number of fused-ring (bicyclic) bond motifs is 1. The maximum Gasteiger partial charge on any atom is 0.319 e. The number of benzene rings is 1. The smallest absolute Gasteiger partial charge is 0.319 e. The van der Waals surface area contributed by atoms with E-state index >= 15 is 0 Å². The Morgan fingerprint density at radius 3 is 2.68 bits per heavy atom. The average molecular weight is 563 g/mol. The van der Waals surface area contributed by atoms with Gasteiger partial charge in [-0.3, -0.25) is 0 Å². The molecule has 0 aliphatic carbocycles. The summed E-state index contributed by atoms with van der Waals surface area (Å²) >= 11 is 0. The largest absolute Gasteiger partial charge is 0.377 e. The van der Waals surface area contributed by atoms with Gasteiger partial charge < -0.3 is 25.2 Å². The van der Waals surface area contributed by atoms with Crippen molar-refractivity contribution in [1.82, 2.24) is 25.3 Å². The van der Waals surface area contributed by atoms with Crippen LogP contribution in [0.2, 0.25) is 0 Å². The number of nitrogens with one attached hydrogen (secondary N) is 2. The van der Waals surface area contributed by atoms with E-state index in [-0.39, 0.29) is 23.3 Å². The fourth-order valence-corrected chi connectivity index (χ4v) is 5.24. The van der Waals surface area contributed by atoms with Crippen molar-refractivity contribution in [3.8, 4) is 11.4 Å². The molecule has 3 aromatic rings. The van der Waals surface area contributed by atoms with E-state index in [0.717, 1.165) is 42.0 Å². The fraction of sp³-hybridized carbons (Fsp3) is 0.500. The first-order valence-corrected chi connectivity index (χ1v) is 14.3. The molecule has 11 heteroatoms. The lowest BCUT2D eigenvalue weighted by Gasteiger charge is -2.38. The predicted octanol–water partition coefficient (Wildman–Crippen LogP) is 4.81. The van der Waals surface area contributed by atoms with Gasteiger partial charge in [-0.1, -0.05) is 20.8 Å². The van der Waals surface area contributed by atoms with Crippen LogP contribution in [0.5, 0.6) is 0 Å². The van der Waals surface area contributed by atoms with Gasteiger partial charge >= 0.3 is 6.03 Å². The van der Waals surface area contributed by atoms with E-state index in [9.17, 15) is 9.18 Å². The molecule has 2 aromatic heterocycles. The highest BCUT2D eigenvalue weighted by Crippen LogP contribution is 2.33. The molecule has 218 valence electrons. The maximum atomic E-state index is 14.5. The van der Waals surface area contributed by atoms with E-state index < -0.39 is 5.82 Å². The van der Waals surface area contributed by atoms with Gasteiger partial charge in [0, 0.05) is 36.4 Å². The third-order valence-electron chi connectivity index (χ3n) is 7.42. The Balaban J connectivity index is 1.37. The number of amides is 2. The minimum atomic E-state index is -0.450. The summed E-state index contributed by atoms with van der Waals surface area (Å²) in [4.78, 5) is 34.5. The molecule has 2 aliphatic heterocycles. The van der Waals surface area contributed by atoms with Crippen LogP contribution in [0.4, 0.5) is 26.5 Å². The summed E-state index contributed by atoms with van der Waals surface area (Å²) in [7, 11) is 0. The number of aromatic nitrogens is 4. The van der Waals surface area contributed by atoms with Crippen LogP contribution in [0.1, 0.15) is 51.8 Å². The van der Waals surface area contributed by atoms with Crippen molar-refractivity contribution >= 4 is 23.4 Å². The molecule has 2 amide bonds. The molecule has 2 N–H and O–H groups in total. The van der Waals surface area contributed by atoms with Crippen LogP contribution in [0.15, 0.2) is 36.8 Å². The number of hydrogen-bond donors (Lipinski definition) is 2. The molecule has 10 nitrogen and oxygen atoms in total. The lowest BCUT2D eigenvalue weighted by atomic mass is 9.91. The summed E-state index contributed by atoms with van der Waals surface area (Å²) in [5, 5.41) is 5.82. The van der Waals surface area contributed by atoms with Gasteiger partial charge in [0.1, 0.15) is 12.1 Å². The van der Waals surface area contributed by atoms with Gasteiger partial charge in [0.2, 0.25) is 0 Å². The third kappa shape index (κ3) is 7.08. The quantitative estimate of drug-likeness (QED) is 0.395. The van der Waals surface area contributed by atoms with Crippen molar-refractivity contribution in [2.75, 3.05) is 48.0 Å². The fourth-order valence-electron chi connectivity index (χ4n) is 5.24. The van der Waals surface area contributed by atoms with Crippen molar-refractivity contribution in [3.05, 3.63) is 53.9 Å². The van der Waals surface area contributed by atoms with Crippen LogP contribution >= 0.6 is 0 Å². The number of urea groups is 1. The Morgan fingerprint density at radius 2 is 1.95 bits per heavy atom. The first kappa shape index (κ1) is 28.7. The predicted molar refractivity (Wildman–Crippen MR) is 158 cm³/mol.